The average molecular weight is 316 g/mol. The molecule has 1 unspecified atom stereocenters. The summed E-state index contributed by atoms with van der Waals surface area (Å²) >= 11 is 3.02. The third-order valence-electron chi connectivity index (χ3n) is 1.98. The average Bonchev–Trinajstić information content (AvgIpc) is 2.35. The lowest BCUT2D eigenvalue weighted by Gasteiger charge is -2.08. The molecule has 7 nitrogen and oxygen atoms in total. The molecule has 0 aliphatic rings. The van der Waals surface area contributed by atoms with E-state index in [-0.39, 0.29) is 11.3 Å². The zero-order valence-electron chi connectivity index (χ0n) is 9.34. The van der Waals surface area contributed by atoms with E-state index in [0.29, 0.717) is 0 Å². The summed E-state index contributed by atoms with van der Waals surface area (Å²) in [6.07, 6.45) is 0. The van der Waals surface area contributed by atoms with Gasteiger partial charge in [0.1, 0.15) is 0 Å². The highest BCUT2D eigenvalue weighted by molar-refractivity contribution is 9.10. The highest BCUT2D eigenvalue weighted by atomic mass is 79.9. The monoisotopic (exact) mass is 315 g/mol. The first kappa shape index (κ1) is 14.1. The van der Waals surface area contributed by atoms with Crippen molar-refractivity contribution < 1.29 is 14.5 Å². The molecule has 0 fully saturated rings. The van der Waals surface area contributed by atoms with Gasteiger partial charge in [-0.15, -0.1) is 0 Å². The van der Waals surface area contributed by atoms with E-state index in [1.165, 1.54) is 18.2 Å². The van der Waals surface area contributed by atoms with Crippen molar-refractivity contribution in [2.75, 3.05) is 0 Å². The number of nitro groups is 1. The Morgan fingerprint density at radius 1 is 1.39 bits per heavy atom. The Hall–Kier alpha value is -1.96. The number of halogens is 1. The zero-order valence-corrected chi connectivity index (χ0v) is 10.9. The van der Waals surface area contributed by atoms with Gasteiger partial charge in [0, 0.05) is 17.7 Å². The minimum Gasteiger partial charge on any atom is -0.272 e. The molecule has 0 saturated heterocycles. The van der Waals surface area contributed by atoms with Crippen molar-refractivity contribution in [3.8, 4) is 0 Å². The molecule has 2 amide bonds. The number of amides is 2. The van der Waals surface area contributed by atoms with Crippen molar-refractivity contribution in [3.63, 3.8) is 0 Å². The summed E-state index contributed by atoms with van der Waals surface area (Å²) in [6.45, 7) is 1.59. The van der Waals surface area contributed by atoms with Crippen molar-refractivity contribution in [1.29, 1.82) is 0 Å². The normalized spacial score (nSPS) is 11.4. The van der Waals surface area contributed by atoms with E-state index in [2.05, 4.69) is 26.8 Å². The summed E-state index contributed by atoms with van der Waals surface area (Å²) < 4.78 is 0. The maximum Gasteiger partial charge on any atom is 0.270 e. The van der Waals surface area contributed by atoms with E-state index < -0.39 is 21.6 Å². The highest BCUT2D eigenvalue weighted by Gasteiger charge is 2.13. The standard InChI is InChI=1S/C10H10BrN3O4/c1-6(11)9(15)12-13-10(16)7-3-2-4-8(5-7)14(17)18/h2-6H,1H3,(H,12,15)(H,13,16). The minimum absolute atomic E-state index is 0.0896. The van der Waals surface area contributed by atoms with Crippen molar-refractivity contribution >= 4 is 33.4 Å². The molecular weight excluding hydrogens is 306 g/mol. The third kappa shape index (κ3) is 3.81. The van der Waals surface area contributed by atoms with Gasteiger partial charge in [0.05, 0.1) is 9.75 Å². The van der Waals surface area contributed by atoms with Crippen LogP contribution in [-0.4, -0.2) is 21.6 Å². The smallest absolute Gasteiger partial charge is 0.270 e. The van der Waals surface area contributed by atoms with E-state index in [1.54, 1.807) is 6.92 Å². The maximum atomic E-state index is 11.6. The van der Waals surface area contributed by atoms with Crippen molar-refractivity contribution in [3.05, 3.63) is 39.9 Å². The van der Waals surface area contributed by atoms with Crippen LogP contribution in [0, 0.1) is 10.1 Å². The van der Waals surface area contributed by atoms with Gasteiger partial charge in [0.15, 0.2) is 0 Å². The number of alkyl halides is 1. The molecular formula is C10H10BrN3O4. The van der Waals surface area contributed by atoms with E-state index >= 15 is 0 Å². The van der Waals surface area contributed by atoms with Crippen molar-refractivity contribution in [2.24, 2.45) is 0 Å². The molecule has 0 saturated carbocycles. The Kier molecular flexibility index (Phi) is 4.78. The van der Waals surface area contributed by atoms with Crippen LogP contribution < -0.4 is 10.9 Å². The van der Waals surface area contributed by atoms with E-state index in [9.17, 15) is 19.7 Å². The second-order valence-electron chi connectivity index (χ2n) is 3.37. The van der Waals surface area contributed by atoms with Gasteiger partial charge in [0.2, 0.25) is 0 Å². The number of benzene rings is 1. The molecule has 0 aliphatic heterocycles. The predicted molar refractivity (Wildman–Crippen MR) is 67.1 cm³/mol. The predicted octanol–water partition coefficient (Wildman–Crippen LogP) is 1.14. The molecule has 18 heavy (non-hydrogen) atoms. The van der Waals surface area contributed by atoms with Crippen LogP contribution in [0.5, 0.6) is 0 Å². The summed E-state index contributed by atoms with van der Waals surface area (Å²) in [4.78, 5) is 32.2. The zero-order chi connectivity index (χ0) is 13.7. The molecule has 1 aromatic rings. The first-order valence-electron chi connectivity index (χ1n) is 4.90. The molecule has 2 N–H and O–H groups in total. The number of carbonyl (C=O) groups is 2. The number of carbonyl (C=O) groups excluding carboxylic acids is 2. The quantitative estimate of drug-likeness (QED) is 0.496. The number of hydrogen-bond donors (Lipinski definition) is 2. The van der Waals surface area contributed by atoms with E-state index in [4.69, 9.17) is 0 Å². The molecule has 0 heterocycles. The number of nitro benzene ring substituents is 1. The van der Waals surface area contributed by atoms with Crippen LogP contribution in [0.2, 0.25) is 0 Å². The summed E-state index contributed by atoms with van der Waals surface area (Å²) in [7, 11) is 0. The number of nitrogens with zero attached hydrogens (tertiary/aromatic N) is 1. The topological polar surface area (TPSA) is 101 Å². The molecule has 0 radical (unpaired) electrons. The Labute approximate surface area is 111 Å². The summed E-state index contributed by atoms with van der Waals surface area (Å²) in [6, 6.07) is 5.20. The van der Waals surface area contributed by atoms with Gasteiger partial charge < -0.3 is 0 Å². The molecule has 96 valence electrons. The van der Waals surface area contributed by atoms with Gasteiger partial charge in [-0.2, -0.15) is 0 Å². The Morgan fingerprint density at radius 3 is 2.61 bits per heavy atom. The van der Waals surface area contributed by atoms with Crippen LogP contribution in [0.3, 0.4) is 0 Å². The fourth-order valence-electron chi connectivity index (χ4n) is 1.05. The molecule has 1 rings (SSSR count). The fourth-order valence-corrected chi connectivity index (χ4v) is 1.17. The van der Waals surface area contributed by atoms with Gasteiger partial charge in [-0.05, 0) is 13.0 Å². The van der Waals surface area contributed by atoms with Crippen LogP contribution in [0.1, 0.15) is 17.3 Å². The molecule has 0 spiro atoms. The number of rotatable bonds is 3. The van der Waals surface area contributed by atoms with Gasteiger partial charge in [-0.1, -0.05) is 22.0 Å². The Balaban J connectivity index is 2.70. The van der Waals surface area contributed by atoms with Gasteiger partial charge in [-0.3, -0.25) is 30.6 Å². The van der Waals surface area contributed by atoms with E-state index in [1.807, 2.05) is 0 Å². The SMILES string of the molecule is CC(Br)C(=O)NNC(=O)c1cccc([N+](=O)[O-])c1. The molecule has 0 aliphatic carbocycles. The lowest BCUT2D eigenvalue weighted by atomic mass is 10.2. The highest BCUT2D eigenvalue weighted by Crippen LogP contribution is 2.12. The van der Waals surface area contributed by atoms with Crippen LogP contribution in [0.25, 0.3) is 0 Å². The number of hydrazine groups is 1. The molecule has 0 bridgehead atoms. The molecule has 0 aromatic heterocycles. The van der Waals surface area contributed by atoms with Crippen LogP contribution in [0.4, 0.5) is 5.69 Å². The maximum absolute atomic E-state index is 11.6. The first-order valence-corrected chi connectivity index (χ1v) is 5.82. The van der Waals surface area contributed by atoms with Crippen LogP contribution >= 0.6 is 15.9 Å². The Morgan fingerprint density at radius 2 is 2.06 bits per heavy atom. The largest absolute Gasteiger partial charge is 0.272 e. The summed E-state index contributed by atoms with van der Waals surface area (Å²) in [5.74, 6) is -1.05. The first-order chi connectivity index (χ1) is 8.41. The fraction of sp³-hybridized carbons (Fsp3) is 0.200. The van der Waals surface area contributed by atoms with Crippen molar-refractivity contribution in [1.82, 2.24) is 10.9 Å². The number of non-ortho nitro benzene ring substituents is 1. The van der Waals surface area contributed by atoms with Crippen molar-refractivity contribution in [2.45, 2.75) is 11.8 Å². The molecule has 1 atom stereocenters. The minimum atomic E-state index is -0.625. The lowest BCUT2D eigenvalue weighted by Crippen LogP contribution is -2.44. The number of hydrogen-bond acceptors (Lipinski definition) is 4. The molecule has 8 heteroatoms. The molecule has 1 aromatic carbocycles. The summed E-state index contributed by atoms with van der Waals surface area (Å²) in [5.41, 5.74) is 4.23. The third-order valence-corrected chi connectivity index (χ3v) is 2.40. The lowest BCUT2D eigenvalue weighted by molar-refractivity contribution is -0.384. The Bertz CT molecular complexity index is 490. The van der Waals surface area contributed by atoms with Gasteiger partial charge >= 0.3 is 0 Å². The second-order valence-corrected chi connectivity index (χ2v) is 4.74. The van der Waals surface area contributed by atoms with Gasteiger partial charge in [0.25, 0.3) is 17.5 Å². The summed E-state index contributed by atoms with van der Waals surface area (Å²) in [5, 5.41) is 10.5. The second kappa shape index (κ2) is 6.10. The van der Waals surface area contributed by atoms with Gasteiger partial charge in [-0.25, -0.2) is 0 Å². The number of nitrogens with one attached hydrogen (secondary N) is 2. The van der Waals surface area contributed by atoms with E-state index in [0.717, 1.165) is 6.07 Å². The van der Waals surface area contributed by atoms with Crippen LogP contribution in [0.15, 0.2) is 24.3 Å². The van der Waals surface area contributed by atoms with Crippen LogP contribution in [-0.2, 0) is 4.79 Å².